The van der Waals surface area contributed by atoms with Crippen LogP contribution in [0.1, 0.15) is 6.92 Å². The van der Waals surface area contributed by atoms with Crippen molar-refractivity contribution in [2.45, 2.75) is 6.92 Å². The molecule has 0 aromatic carbocycles. The van der Waals surface area contributed by atoms with Gasteiger partial charge in [0.1, 0.15) is 0 Å². The molecule has 0 unspecified atom stereocenters. The van der Waals surface area contributed by atoms with Crippen LogP contribution < -0.4 is 5.73 Å². The summed E-state index contributed by atoms with van der Waals surface area (Å²) in [7, 11) is 1.63. The maximum absolute atomic E-state index is 5.01. The van der Waals surface area contributed by atoms with Crippen molar-refractivity contribution in [2.24, 2.45) is 5.73 Å². The average Bonchev–Trinajstić information content (AvgIpc) is 2.07. The summed E-state index contributed by atoms with van der Waals surface area (Å²) in [6.07, 6.45) is 5.45. The van der Waals surface area contributed by atoms with E-state index in [0.29, 0.717) is 13.2 Å². The van der Waals surface area contributed by atoms with Crippen molar-refractivity contribution in [1.82, 2.24) is 0 Å². The van der Waals surface area contributed by atoms with E-state index in [0.717, 1.165) is 5.57 Å². The van der Waals surface area contributed by atoms with Gasteiger partial charge in [-0.05, 0) is 6.92 Å². The summed E-state index contributed by atoms with van der Waals surface area (Å²) in [5, 5.41) is 0. The molecule has 0 aliphatic rings. The van der Waals surface area contributed by atoms with Gasteiger partial charge in [-0.2, -0.15) is 0 Å². The summed E-state index contributed by atoms with van der Waals surface area (Å²) in [6, 6.07) is 0. The van der Waals surface area contributed by atoms with Crippen molar-refractivity contribution < 1.29 is 4.74 Å². The zero-order valence-corrected chi connectivity index (χ0v) is 8.05. The fourth-order valence-corrected chi connectivity index (χ4v) is 0.372. The van der Waals surface area contributed by atoms with E-state index in [1.54, 1.807) is 19.3 Å². The van der Waals surface area contributed by atoms with Crippen LogP contribution in [0.5, 0.6) is 0 Å². The van der Waals surface area contributed by atoms with Crippen molar-refractivity contribution in [2.75, 3.05) is 20.3 Å². The highest BCUT2D eigenvalue weighted by Gasteiger charge is 1.69. The van der Waals surface area contributed by atoms with Crippen molar-refractivity contribution in [3.05, 3.63) is 37.0 Å². The molecular formula is C10H19NO. The van der Waals surface area contributed by atoms with E-state index in [1.807, 2.05) is 13.0 Å². The molecule has 0 amide bonds. The molecule has 0 fully saturated rings. The number of hydrogen-bond acceptors (Lipinski definition) is 2. The molecular weight excluding hydrogens is 150 g/mol. The van der Waals surface area contributed by atoms with Gasteiger partial charge >= 0.3 is 0 Å². The van der Waals surface area contributed by atoms with Crippen LogP contribution in [0.2, 0.25) is 0 Å². The molecule has 2 N–H and O–H groups in total. The third-order valence-corrected chi connectivity index (χ3v) is 1.02. The Balaban J connectivity index is 0. The summed E-state index contributed by atoms with van der Waals surface area (Å²) in [5.74, 6) is 0. The molecule has 0 spiro atoms. The lowest BCUT2D eigenvalue weighted by atomic mass is 10.3. The van der Waals surface area contributed by atoms with Crippen LogP contribution in [0.25, 0.3) is 0 Å². The molecule has 0 aromatic rings. The van der Waals surface area contributed by atoms with Crippen LogP contribution in [0, 0.1) is 0 Å². The minimum Gasteiger partial charge on any atom is -0.383 e. The first kappa shape index (κ1) is 13.7. The highest BCUT2D eigenvalue weighted by atomic mass is 16.5. The molecule has 0 saturated heterocycles. The predicted octanol–water partition coefficient (Wildman–Crippen LogP) is 1.90. The molecule has 0 heterocycles. The van der Waals surface area contributed by atoms with Crippen LogP contribution in [0.15, 0.2) is 37.0 Å². The minimum absolute atomic E-state index is 0.622. The lowest BCUT2D eigenvalue weighted by Crippen LogP contribution is -2.05. The van der Waals surface area contributed by atoms with Crippen LogP contribution in [-0.4, -0.2) is 20.3 Å². The van der Waals surface area contributed by atoms with E-state index < -0.39 is 0 Å². The molecule has 2 nitrogen and oxygen atoms in total. The van der Waals surface area contributed by atoms with Gasteiger partial charge in [0.15, 0.2) is 0 Å². The molecule has 2 heteroatoms. The van der Waals surface area contributed by atoms with Gasteiger partial charge < -0.3 is 10.5 Å². The highest BCUT2D eigenvalue weighted by Crippen LogP contribution is 1.90. The van der Waals surface area contributed by atoms with Crippen molar-refractivity contribution in [3.63, 3.8) is 0 Å². The van der Waals surface area contributed by atoms with Crippen LogP contribution in [-0.2, 0) is 4.74 Å². The lowest BCUT2D eigenvalue weighted by molar-refractivity contribution is 0.207. The fraction of sp³-hybridized carbons (Fsp3) is 0.400. The molecule has 0 aromatic heterocycles. The Morgan fingerprint density at radius 3 is 2.17 bits per heavy atom. The number of methoxy groups -OCH3 is 1. The summed E-state index contributed by atoms with van der Waals surface area (Å²) >= 11 is 0. The van der Waals surface area contributed by atoms with Gasteiger partial charge in [0.25, 0.3) is 0 Å². The second-order valence-electron chi connectivity index (χ2n) is 2.13. The van der Waals surface area contributed by atoms with Crippen molar-refractivity contribution >= 4 is 0 Å². The first-order valence-electron chi connectivity index (χ1n) is 3.83. The van der Waals surface area contributed by atoms with Gasteiger partial charge in [-0.3, -0.25) is 0 Å². The van der Waals surface area contributed by atoms with Crippen LogP contribution in [0.4, 0.5) is 0 Å². The Hall–Kier alpha value is -0.860. The van der Waals surface area contributed by atoms with Crippen LogP contribution >= 0.6 is 0 Å². The molecule has 70 valence electrons. The molecule has 0 atom stereocenters. The second-order valence-corrected chi connectivity index (χ2v) is 2.13. The Morgan fingerprint density at radius 2 is 2.08 bits per heavy atom. The summed E-state index contributed by atoms with van der Waals surface area (Å²) in [5.41, 5.74) is 6.16. The summed E-state index contributed by atoms with van der Waals surface area (Å²) in [4.78, 5) is 0. The van der Waals surface area contributed by atoms with Gasteiger partial charge in [-0.25, -0.2) is 0 Å². The summed E-state index contributed by atoms with van der Waals surface area (Å²) in [6.45, 7) is 10.4. The van der Waals surface area contributed by atoms with Gasteiger partial charge in [0.05, 0.1) is 6.61 Å². The Kier molecular flexibility index (Phi) is 14.6. The Morgan fingerprint density at radius 1 is 1.50 bits per heavy atom. The quantitative estimate of drug-likeness (QED) is 0.652. The highest BCUT2D eigenvalue weighted by molar-refractivity contribution is 5.17. The standard InChI is InChI=1S/C7H10.C3H9NO/c1-4-6-7(3)5-2;1-5-3-2-4/h4-6H,1-2H2,3H3;2-4H2,1H3/b7-6-;. The maximum Gasteiger partial charge on any atom is 0.0584 e. The van der Waals surface area contributed by atoms with Crippen molar-refractivity contribution in [1.29, 1.82) is 0 Å². The normalized spacial score (nSPS) is 9.75. The molecule has 0 aliphatic heterocycles. The van der Waals surface area contributed by atoms with Crippen molar-refractivity contribution in [3.8, 4) is 0 Å². The lowest BCUT2D eigenvalue weighted by Gasteiger charge is -1.85. The number of nitrogens with two attached hydrogens (primary N) is 1. The van der Waals surface area contributed by atoms with Gasteiger partial charge in [-0.15, -0.1) is 0 Å². The van der Waals surface area contributed by atoms with Crippen LogP contribution in [0.3, 0.4) is 0 Å². The van der Waals surface area contributed by atoms with E-state index in [4.69, 9.17) is 5.73 Å². The van der Waals surface area contributed by atoms with E-state index in [-0.39, 0.29) is 0 Å². The Bertz CT molecular complexity index is 137. The van der Waals surface area contributed by atoms with E-state index in [9.17, 15) is 0 Å². The first-order valence-corrected chi connectivity index (χ1v) is 3.83. The average molecular weight is 169 g/mol. The van der Waals surface area contributed by atoms with E-state index in [1.165, 1.54) is 0 Å². The largest absolute Gasteiger partial charge is 0.383 e. The smallest absolute Gasteiger partial charge is 0.0584 e. The minimum atomic E-state index is 0.622. The molecule has 0 bridgehead atoms. The molecule has 12 heavy (non-hydrogen) atoms. The SMILES string of the molecule is C=C/C=C(/C)C=C.COCCN. The predicted molar refractivity (Wildman–Crippen MR) is 55.1 cm³/mol. The fourth-order valence-electron chi connectivity index (χ4n) is 0.372. The second kappa shape index (κ2) is 12.8. The van der Waals surface area contributed by atoms with E-state index in [2.05, 4.69) is 17.9 Å². The monoisotopic (exact) mass is 169 g/mol. The summed E-state index contributed by atoms with van der Waals surface area (Å²) < 4.78 is 4.57. The molecule has 0 saturated carbocycles. The maximum atomic E-state index is 5.01. The van der Waals surface area contributed by atoms with E-state index >= 15 is 0 Å². The molecule has 0 rings (SSSR count). The third-order valence-electron chi connectivity index (χ3n) is 1.02. The zero-order chi connectivity index (χ0) is 9.82. The number of rotatable bonds is 4. The van der Waals surface area contributed by atoms with Gasteiger partial charge in [-0.1, -0.05) is 37.0 Å². The first-order chi connectivity index (χ1) is 5.72. The zero-order valence-electron chi connectivity index (χ0n) is 8.05. The number of allylic oxidation sites excluding steroid dienone is 4. The topological polar surface area (TPSA) is 35.2 Å². The third kappa shape index (κ3) is 16.1. The molecule has 0 radical (unpaired) electrons. The molecule has 0 aliphatic carbocycles. The van der Waals surface area contributed by atoms with Gasteiger partial charge in [0, 0.05) is 13.7 Å². The number of ether oxygens (including phenoxy) is 1. The van der Waals surface area contributed by atoms with Gasteiger partial charge in [0.2, 0.25) is 0 Å². The number of hydrogen-bond donors (Lipinski definition) is 1. The Labute approximate surface area is 75.4 Å².